The molecule has 324 valence electrons. The van der Waals surface area contributed by atoms with Crippen LogP contribution in [0.5, 0.6) is 0 Å². The van der Waals surface area contributed by atoms with Crippen molar-refractivity contribution in [1.29, 1.82) is 0 Å². The average molecular weight is 872 g/mol. The first-order chi connectivity index (χ1) is 32.4. The van der Waals surface area contributed by atoms with E-state index in [1.165, 1.54) is 49.5 Å². The summed E-state index contributed by atoms with van der Waals surface area (Å²) in [6.07, 6.45) is 43.4. The van der Waals surface area contributed by atoms with Crippen molar-refractivity contribution in [3.63, 3.8) is 0 Å². The average Bonchev–Trinajstić information content (AvgIpc) is 3.65. The van der Waals surface area contributed by atoms with Crippen LogP contribution < -0.4 is 4.90 Å². The van der Waals surface area contributed by atoms with Crippen LogP contribution in [0, 0.1) is 18.1 Å². The van der Waals surface area contributed by atoms with Gasteiger partial charge < -0.3 is 4.90 Å². The van der Waals surface area contributed by atoms with Crippen molar-refractivity contribution in [1.82, 2.24) is 0 Å². The lowest BCUT2D eigenvalue weighted by Gasteiger charge is -2.37. The molecule has 0 spiro atoms. The van der Waals surface area contributed by atoms with Crippen molar-refractivity contribution in [3.8, 4) is 0 Å². The number of hydrogen-bond acceptors (Lipinski definition) is 2. The molecule has 0 aromatic heterocycles. The smallest absolute Gasteiger partial charge is 0.0971 e. The minimum atomic E-state index is -0.492. The van der Waals surface area contributed by atoms with Crippen LogP contribution in [0.15, 0.2) is 258 Å². The van der Waals surface area contributed by atoms with Crippen molar-refractivity contribution in [2.24, 2.45) is 5.92 Å². The lowest BCUT2D eigenvalue weighted by Crippen LogP contribution is -2.31. The van der Waals surface area contributed by atoms with Gasteiger partial charge in [0.2, 0.25) is 0 Å². The number of hydrogen-bond donors (Lipinski definition) is 0. The number of nitrogens with zero attached hydrogens (tertiary/aromatic N) is 1. The predicted molar refractivity (Wildman–Crippen MR) is 285 cm³/mol. The summed E-state index contributed by atoms with van der Waals surface area (Å²) in [6.45, 7) is 17.5. The molecule has 0 radical (unpaired) electrons. The van der Waals surface area contributed by atoms with E-state index in [2.05, 4.69) is 220 Å². The highest BCUT2D eigenvalue weighted by atomic mass is 32.2. The maximum absolute atomic E-state index is 4.78. The van der Waals surface area contributed by atoms with Gasteiger partial charge in [-0.25, -0.2) is 0 Å². The van der Waals surface area contributed by atoms with Crippen LogP contribution in [-0.4, -0.2) is 5.75 Å². The number of anilines is 2. The maximum atomic E-state index is 4.78. The zero-order chi connectivity index (χ0) is 45.5. The lowest BCUT2D eigenvalue weighted by atomic mass is 9.64. The summed E-state index contributed by atoms with van der Waals surface area (Å²) in [5.41, 5.74) is 18.4. The summed E-state index contributed by atoms with van der Waals surface area (Å²) in [5.74, 6) is 1.23. The summed E-state index contributed by atoms with van der Waals surface area (Å²) in [7, 11) is 0. The Labute approximate surface area is 398 Å². The van der Waals surface area contributed by atoms with E-state index in [4.69, 9.17) is 6.58 Å². The third-order valence-corrected chi connectivity index (χ3v) is 14.7. The van der Waals surface area contributed by atoms with Gasteiger partial charge in [-0.1, -0.05) is 201 Å². The van der Waals surface area contributed by atoms with Crippen LogP contribution in [0.2, 0.25) is 0 Å². The molecule has 66 heavy (non-hydrogen) atoms. The standard InChI is InChI=1S/C64H57NS/c1-6-8-31-60-48(5)59-45-66-63-58(46(3)33-44-61(59)64(60,55-26-17-11-18-27-55)56-28-19-12-20-29-56)30-21-32-62(63)65(47(4)34-35-49(7-2)50-22-13-9-14-23-50)57-42-40-54(41-43-57)53-38-36-52(37-39-53)51-24-15-10-16-25-51/h6-11,13-15,17-19,21-24,26-36,38-40,42,44,52H,1-3,12,16,20,25,37,45H2,4-5H3/b31-8-,44-33-,47-34+,49-35+/t52-,64?/m1/s1. The van der Waals surface area contributed by atoms with Crippen molar-refractivity contribution >= 4 is 39.9 Å². The van der Waals surface area contributed by atoms with Gasteiger partial charge in [0.1, 0.15) is 0 Å². The fourth-order valence-electron chi connectivity index (χ4n) is 10.1. The Kier molecular flexibility index (Phi) is 13.4. The Balaban J connectivity index is 1.15. The molecule has 4 aromatic rings. The van der Waals surface area contributed by atoms with Gasteiger partial charge in [0, 0.05) is 27.8 Å². The fourth-order valence-corrected chi connectivity index (χ4v) is 11.5. The highest BCUT2D eigenvalue weighted by Gasteiger charge is 2.47. The van der Waals surface area contributed by atoms with Crippen LogP contribution in [0.25, 0.3) is 16.7 Å². The van der Waals surface area contributed by atoms with Gasteiger partial charge in [0.05, 0.1) is 16.8 Å². The largest absolute Gasteiger partial charge is 0.306 e. The Hall–Kier alpha value is -7.05. The van der Waals surface area contributed by atoms with Crippen LogP contribution >= 0.6 is 11.8 Å². The second kappa shape index (κ2) is 20.0. The second-order valence-corrected chi connectivity index (χ2v) is 18.4. The van der Waals surface area contributed by atoms with Gasteiger partial charge in [0.15, 0.2) is 0 Å². The van der Waals surface area contributed by atoms with Gasteiger partial charge in [-0.05, 0) is 138 Å². The van der Waals surface area contributed by atoms with E-state index in [9.17, 15) is 0 Å². The number of thioether (sulfide) groups is 1. The Morgan fingerprint density at radius 2 is 1.67 bits per heavy atom. The fraction of sp³-hybridized carbons (Fsp3) is 0.156. The molecule has 0 saturated heterocycles. The molecular formula is C64H57NS. The summed E-state index contributed by atoms with van der Waals surface area (Å²) in [5, 5.41) is 0. The number of benzene rings is 3. The van der Waals surface area contributed by atoms with Crippen LogP contribution in [0.1, 0.15) is 68.2 Å². The zero-order valence-corrected chi connectivity index (χ0v) is 39.1. The molecule has 5 aliphatic rings. The van der Waals surface area contributed by atoms with Gasteiger partial charge >= 0.3 is 0 Å². The Morgan fingerprint density at radius 3 is 2.36 bits per heavy atom. The van der Waals surface area contributed by atoms with Gasteiger partial charge in [-0.3, -0.25) is 0 Å². The minimum absolute atomic E-state index is 0.458. The summed E-state index contributed by atoms with van der Waals surface area (Å²) in [6, 6.07) is 39.8. The van der Waals surface area contributed by atoms with Crippen molar-refractivity contribution in [3.05, 3.63) is 288 Å². The lowest BCUT2D eigenvalue weighted by molar-refractivity contribution is 0.713. The highest BCUT2D eigenvalue weighted by molar-refractivity contribution is 7.99. The first-order valence-corrected chi connectivity index (χ1v) is 24.3. The molecule has 2 atom stereocenters. The molecule has 1 nitrogen and oxygen atoms in total. The molecule has 9 rings (SSSR count). The number of rotatable bonds is 12. The summed E-state index contributed by atoms with van der Waals surface area (Å²) in [4.78, 5) is 3.51. The molecule has 0 N–H and O–H groups in total. The maximum Gasteiger partial charge on any atom is 0.0971 e. The van der Waals surface area contributed by atoms with Gasteiger partial charge in [0.25, 0.3) is 0 Å². The van der Waals surface area contributed by atoms with E-state index in [-0.39, 0.29) is 0 Å². The molecule has 4 aliphatic carbocycles. The topological polar surface area (TPSA) is 3.24 Å². The molecule has 0 amide bonds. The molecule has 0 bridgehead atoms. The molecule has 1 aliphatic heterocycles. The van der Waals surface area contributed by atoms with Crippen LogP contribution in [-0.2, 0) is 5.41 Å². The molecule has 0 fully saturated rings. The summed E-state index contributed by atoms with van der Waals surface area (Å²) >= 11 is 1.89. The zero-order valence-electron chi connectivity index (χ0n) is 38.3. The third-order valence-electron chi connectivity index (χ3n) is 13.5. The molecule has 2 heteroatoms. The Bertz CT molecular complexity index is 2930. The quantitative estimate of drug-likeness (QED) is 0.131. The number of fused-ring (bicyclic) bond motifs is 1. The predicted octanol–water partition coefficient (Wildman–Crippen LogP) is 17.1. The van der Waals surface area contributed by atoms with Gasteiger partial charge in [-0.15, -0.1) is 11.8 Å². The van der Waals surface area contributed by atoms with E-state index in [0.29, 0.717) is 5.92 Å². The summed E-state index contributed by atoms with van der Waals surface area (Å²) < 4.78 is 0. The van der Waals surface area contributed by atoms with Crippen LogP contribution in [0.3, 0.4) is 0 Å². The molecule has 1 heterocycles. The van der Waals surface area contributed by atoms with Crippen molar-refractivity contribution in [2.45, 2.75) is 56.3 Å². The SMILES string of the molecule is C=C/C=C\C1=C(C)C2=C(/C=C\C(=C)c3cccc(N(/C(C)=C/C=C(\C=C)c4ccccc4)c4c#cc(C5=CC[C@H](C6=CC=CCC6)C=C5)cc4)c3SC2)C1(C1=CCCC=C1)c1ccccc1. The molecule has 4 aromatic carbocycles. The van der Waals surface area contributed by atoms with E-state index in [0.717, 1.165) is 82.8 Å². The van der Waals surface area contributed by atoms with Gasteiger partial charge in [-0.2, -0.15) is 0 Å². The normalized spacial score (nSPS) is 21.2. The Morgan fingerprint density at radius 1 is 0.833 bits per heavy atom. The highest BCUT2D eigenvalue weighted by Crippen LogP contribution is 2.57. The van der Waals surface area contributed by atoms with Crippen molar-refractivity contribution in [2.75, 3.05) is 10.7 Å². The monoisotopic (exact) mass is 871 g/mol. The first kappa shape index (κ1) is 44.2. The molecular weight excluding hydrogens is 815 g/mol. The van der Waals surface area contributed by atoms with Crippen LogP contribution in [0.4, 0.5) is 11.4 Å². The van der Waals surface area contributed by atoms with E-state index < -0.39 is 5.41 Å². The van der Waals surface area contributed by atoms with Crippen molar-refractivity contribution < 1.29 is 0 Å². The molecule has 0 saturated carbocycles. The first-order valence-electron chi connectivity index (χ1n) is 23.3. The molecule has 1 unspecified atom stereocenters. The van der Waals surface area contributed by atoms with E-state index >= 15 is 0 Å². The van der Waals surface area contributed by atoms with E-state index in [1.54, 1.807) is 0 Å². The van der Waals surface area contributed by atoms with E-state index in [1.807, 2.05) is 30.0 Å². The minimum Gasteiger partial charge on any atom is -0.306 e. The third kappa shape index (κ3) is 8.60. The second-order valence-electron chi connectivity index (χ2n) is 17.4. The number of allylic oxidation sites excluding steroid dienone is 26.